The lowest BCUT2D eigenvalue weighted by molar-refractivity contribution is 0.0213. The minimum atomic E-state index is 0.694. The molecule has 1 heterocycles. The van der Waals surface area contributed by atoms with Crippen molar-refractivity contribution in [2.75, 3.05) is 33.2 Å². The average Bonchev–Trinajstić information content (AvgIpc) is 2.41. The first-order chi connectivity index (χ1) is 8.65. The quantitative estimate of drug-likeness (QED) is 0.832. The molecule has 1 saturated carbocycles. The van der Waals surface area contributed by atoms with E-state index in [1.54, 1.807) is 0 Å². The Morgan fingerprint density at radius 2 is 2.00 bits per heavy atom. The highest BCUT2D eigenvalue weighted by Gasteiger charge is 2.35. The molecule has 0 aromatic rings. The van der Waals surface area contributed by atoms with Crippen LogP contribution in [0.1, 0.15) is 39.5 Å². The van der Waals surface area contributed by atoms with Crippen LogP contribution in [0.15, 0.2) is 0 Å². The molecule has 0 amide bonds. The van der Waals surface area contributed by atoms with Crippen LogP contribution in [0.3, 0.4) is 0 Å². The summed E-state index contributed by atoms with van der Waals surface area (Å²) >= 11 is 0. The Bertz CT molecular complexity index is 256. The van der Waals surface area contributed by atoms with Crippen LogP contribution in [0.25, 0.3) is 0 Å². The first kappa shape index (κ1) is 14.3. The first-order valence-corrected chi connectivity index (χ1v) is 7.80. The number of nitrogens with zero attached hydrogens (tertiary/aromatic N) is 2. The third-order valence-corrected chi connectivity index (χ3v) is 5.40. The van der Waals surface area contributed by atoms with Crippen molar-refractivity contribution in [1.82, 2.24) is 9.80 Å². The standard InChI is InChI=1S/C15H31N3/c1-4-13-5-6-14(10-16)15(9-13)18-8-7-17(3)12(2)11-18/h12-15H,4-11,16H2,1-3H3. The van der Waals surface area contributed by atoms with Crippen LogP contribution < -0.4 is 5.73 Å². The number of likely N-dealkylation sites (N-methyl/N-ethyl adjacent to an activating group) is 1. The first-order valence-electron chi connectivity index (χ1n) is 7.80. The summed E-state index contributed by atoms with van der Waals surface area (Å²) in [4.78, 5) is 5.22. The molecule has 0 spiro atoms. The Labute approximate surface area is 113 Å². The lowest BCUT2D eigenvalue weighted by Gasteiger charge is -2.47. The Morgan fingerprint density at radius 3 is 2.61 bits per heavy atom. The molecule has 2 fully saturated rings. The smallest absolute Gasteiger partial charge is 0.0192 e. The SMILES string of the molecule is CCC1CCC(CN)C(N2CCN(C)C(C)C2)C1. The van der Waals surface area contributed by atoms with Gasteiger partial charge in [-0.2, -0.15) is 0 Å². The number of rotatable bonds is 3. The van der Waals surface area contributed by atoms with E-state index in [1.807, 2.05) is 0 Å². The van der Waals surface area contributed by atoms with Crippen molar-refractivity contribution in [2.45, 2.75) is 51.6 Å². The van der Waals surface area contributed by atoms with Crippen LogP contribution in [0.5, 0.6) is 0 Å². The van der Waals surface area contributed by atoms with E-state index in [0.717, 1.165) is 24.4 Å². The highest BCUT2D eigenvalue weighted by molar-refractivity contribution is 4.90. The molecular weight excluding hydrogens is 222 g/mol. The van der Waals surface area contributed by atoms with Crippen molar-refractivity contribution in [3.8, 4) is 0 Å². The lowest BCUT2D eigenvalue weighted by Crippen LogP contribution is -2.57. The molecule has 2 rings (SSSR count). The van der Waals surface area contributed by atoms with Crippen LogP contribution >= 0.6 is 0 Å². The van der Waals surface area contributed by atoms with E-state index in [2.05, 4.69) is 30.7 Å². The van der Waals surface area contributed by atoms with E-state index in [1.165, 1.54) is 45.3 Å². The van der Waals surface area contributed by atoms with Gasteiger partial charge in [-0.15, -0.1) is 0 Å². The molecule has 0 aromatic heterocycles. The molecule has 1 saturated heterocycles. The molecule has 2 aliphatic rings. The molecule has 1 aliphatic heterocycles. The van der Waals surface area contributed by atoms with Crippen LogP contribution in [0.4, 0.5) is 0 Å². The number of nitrogens with two attached hydrogens (primary N) is 1. The van der Waals surface area contributed by atoms with Gasteiger partial charge in [-0.1, -0.05) is 19.8 Å². The fraction of sp³-hybridized carbons (Fsp3) is 1.00. The molecule has 0 radical (unpaired) electrons. The Hall–Kier alpha value is -0.120. The van der Waals surface area contributed by atoms with Gasteiger partial charge in [0.05, 0.1) is 0 Å². The van der Waals surface area contributed by atoms with Crippen molar-refractivity contribution in [2.24, 2.45) is 17.6 Å². The maximum atomic E-state index is 6.01. The van der Waals surface area contributed by atoms with Gasteiger partial charge in [0.1, 0.15) is 0 Å². The monoisotopic (exact) mass is 253 g/mol. The van der Waals surface area contributed by atoms with Crippen LogP contribution in [0, 0.1) is 11.8 Å². The zero-order chi connectivity index (χ0) is 13.1. The summed E-state index contributed by atoms with van der Waals surface area (Å²) in [6.07, 6.45) is 5.48. The third kappa shape index (κ3) is 3.06. The van der Waals surface area contributed by atoms with E-state index in [4.69, 9.17) is 5.73 Å². The normalized spacial score (nSPS) is 40.0. The molecular formula is C15H31N3. The number of hydrogen-bond acceptors (Lipinski definition) is 3. The summed E-state index contributed by atoms with van der Waals surface area (Å²) in [7, 11) is 2.25. The van der Waals surface area contributed by atoms with E-state index in [0.29, 0.717) is 6.04 Å². The van der Waals surface area contributed by atoms with Crippen LogP contribution in [-0.4, -0.2) is 55.1 Å². The minimum Gasteiger partial charge on any atom is -0.330 e. The molecule has 0 aromatic carbocycles. The van der Waals surface area contributed by atoms with Crippen molar-refractivity contribution >= 4 is 0 Å². The van der Waals surface area contributed by atoms with Gasteiger partial charge in [0.15, 0.2) is 0 Å². The summed E-state index contributed by atoms with van der Waals surface area (Å²) in [5, 5.41) is 0. The Balaban J connectivity index is 1.99. The summed E-state index contributed by atoms with van der Waals surface area (Å²) in [5.74, 6) is 1.68. The Morgan fingerprint density at radius 1 is 1.22 bits per heavy atom. The summed E-state index contributed by atoms with van der Waals surface area (Å²) in [6.45, 7) is 9.25. The van der Waals surface area contributed by atoms with Gasteiger partial charge in [0, 0.05) is 31.7 Å². The van der Waals surface area contributed by atoms with Crippen molar-refractivity contribution < 1.29 is 0 Å². The van der Waals surface area contributed by atoms with Crippen molar-refractivity contribution in [3.63, 3.8) is 0 Å². The van der Waals surface area contributed by atoms with E-state index >= 15 is 0 Å². The van der Waals surface area contributed by atoms with E-state index in [-0.39, 0.29) is 0 Å². The van der Waals surface area contributed by atoms with Crippen molar-refractivity contribution in [1.29, 1.82) is 0 Å². The molecule has 3 nitrogen and oxygen atoms in total. The third-order valence-electron chi connectivity index (χ3n) is 5.40. The van der Waals surface area contributed by atoms with Gasteiger partial charge in [-0.25, -0.2) is 0 Å². The second-order valence-electron chi connectivity index (χ2n) is 6.48. The van der Waals surface area contributed by atoms with E-state index in [9.17, 15) is 0 Å². The average molecular weight is 253 g/mol. The highest BCUT2D eigenvalue weighted by Crippen LogP contribution is 2.34. The minimum absolute atomic E-state index is 0.694. The maximum Gasteiger partial charge on any atom is 0.0192 e. The van der Waals surface area contributed by atoms with Gasteiger partial charge >= 0.3 is 0 Å². The molecule has 4 unspecified atom stereocenters. The predicted octanol–water partition coefficient (Wildman–Crippen LogP) is 1.78. The van der Waals surface area contributed by atoms with Crippen LogP contribution in [-0.2, 0) is 0 Å². The van der Waals surface area contributed by atoms with Gasteiger partial charge in [0.25, 0.3) is 0 Å². The van der Waals surface area contributed by atoms with Crippen molar-refractivity contribution in [3.05, 3.63) is 0 Å². The summed E-state index contributed by atoms with van der Waals surface area (Å²) < 4.78 is 0. The van der Waals surface area contributed by atoms with Gasteiger partial charge in [-0.05, 0) is 45.2 Å². The molecule has 4 atom stereocenters. The molecule has 1 aliphatic carbocycles. The molecule has 0 bridgehead atoms. The number of hydrogen-bond donors (Lipinski definition) is 1. The fourth-order valence-corrected chi connectivity index (χ4v) is 3.76. The molecule has 106 valence electrons. The lowest BCUT2D eigenvalue weighted by atomic mass is 9.76. The molecule has 3 heteroatoms. The Kier molecular flexibility index (Phi) is 5.05. The summed E-state index contributed by atoms with van der Waals surface area (Å²) in [5.41, 5.74) is 6.01. The summed E-state index contributed by atoms with van der Waals surface area (Å²) in [6, 6.07) is 1.45. The predicted molar refractivity (Wildman–Crippen MR) is 77.6 cm³/mol. The van der Waals surface area contributed by atoms with Gasteiger partial charge < -0.3 is 10.6 Å². The fourth-order valence-electron chi connectivity index (χ4n) is 3.76. The maximum absolute atomic E-state index is 6.01. The van der Waals surface area contributed by atoms with Crippen LogP contribution in [0.2, 0.25) is 0 Å². The largest absolute Gasteiger partial charge is 0.330 e. The zero-order valence-electron chi connectivity index (χ0n) is 12.4. The second kappa shape index (κ2) is 6.36. The topological polar surface area (TPSA) is 32.5 Å². The van der Waals surface area contributed by atoms with Gasteiger partial charge in [0.2, 0.25) is 0 Å². The molecule has 18 heavy (non-hydrogen) atoms. The zero-order valence-corrected chi connectivity index (χ0v) is 12.4. The van der Waals surface area contributed by atoms with Gasteiger partial charge in [-0.3, -0.25) is 4.90 Å². The molecule has 2 N–H and O–H groups in total. The highest BCUT2D eigenvalue weighted by atomic mass is 15.3. The number of piperazine rings is 1. The van der Waals surface area contributed by atoms with E-state index < -0.39 is 0 Å². The second-order valence-corrected chi connectivity index (χ2v) is 6.48.